The van der Waals surface area contributed by atoms with Crippen molar-refractivity contribution in [1.29, 1.82) is 0 Å². The van der Waals surface area contributed by atoms with E-state index in [1.807, 2.05) is 0 Å². The van der Waals surface area contributed by atoms with Gasteiger partial charge >= 0.3 is 0 Å². The van der Waals surface area contributed by atoms with E-state index in [4.69, 9.17) is 9.47 Å². The highest BCUT2D eigenvalue weighted by Crippen LogP contribution is 2.54. The van der Waals surface area contributed by atoms with Crippen molar-refractivity contribution >= 4 is 0 Å². The SMILES string of the molecule is CCCCC[C@]12O[C@H]1CC[C@H]2OCc1ccccc1C. The molecule has 2 heteroatoms. The molecule has 1 aromatic rings. The summed E-state index contributed by atoms with van der Waals surface area (Å²) in [7, 11) is 0. The minimum Gasteiger partial charge on any atom is -0.370 e. The molecule has 2 aliphatic rings. The minimum absolute atomic E-state index is 0.0812. The first-order chi connectivity index (χ1) is 9.76. The van der Waals surface area contributed by atoms with Gasteiger partial charge in [-0.2, -0.15) is 0 Å². The molecule has 110 valence electrons. The number of hydrogen-bond donors (Lipinski definition) is 0. The zero-order valence-electron chi connectivity index (χ0n) is 12.7. The number of hydrogen-bond acceptors (Lipinski definition) is 2. The Balaban J connectivity index is 1.56. The van der Waals surface area contributed by atoms with Crippen LogP contribution in [0.3, 0.4) is 0 Å². The van der Waals surface area contributed by atoms with Crippen molar-refractivity contribution in [1.82, 2.24) is 0 Å². The molecule has 1 saturated heterocycles. The number of aryl methyl sites for hydroxylation is 1. The Morgan fingerprint density at radius 3 is 2.85 bits per heavy atom. The molecule has 20 heavy (non-hydrogen) atoms. The third-order valence-electron chi connectivity index (χ3n) is 4.96. The van der Waals surface area contributed by atoms with Gasteiger partial charge in [-0.05, 0) is 37.3 Å². The van der Waals surface area contributed by atoms with Gasteiger partial charge in [-0.25, -0.2) is 0 Å². The first-order valence-corrected chi connectivity index (χ1v) is 8.10. The molecule has 1 heterocycles. The molecular formula is C18H26O2. The van der Waals surface area contributed by atoms with E-state index >= 15 is 0 Å². The molecule has 3 atom stereocenters. The molecule has 2 fully saturated rings. The Labute approximate surface area is 122 Å². The molecule has 0 amide bonds. The van der Waals surface area contributed by atoms with Crippen molar-refractivity contribution in [2.45, 2.75) is 76.8 Å². The molecule has 0 spiro atoms. The molecule has 0 N–H and O–H groups in total. The van der Waals surface area contributed by atoms with E-state index in [9.17, 15) is 0 Å². The molecule has 3 rings (SSSR count). The normalized spacial score (nSPS) is 31.3. The van der Waals surface area contributed by atoms with E-state index in [0.717, 1.165) is 6.61 Å². The molecular weight excluding hydrogens is 248 g/mol. The van der Waals surface area contributed by atoms with Crippen LogP contribution in [0.4, 0.5) is 0 Å². The zero-order chi connectivity index (χ0) is 14.0. The summed E-state index contributed by atoms with van der Waals surface area (Å²) in [5.41, 5.74) is 2.71. The Morgan fingerprint density at radius 2 is 2.10 bits per heavy atom. The third-order valence-corrected chi connectivity index (χ3v) is 4.96. The van der Waals surface area contributed by atoms with Gasteiger partial charge in [0.15, 0.2) is 0 Å². The third kappa shape index (κ3) is 2.64. The Morgan fingerprint density at radius 1 is 1.25 bits per heavy atom. The fourth-order valence-corrected chi connectivity index (χ4v) is 3.58. The quantitative estimate of drug-likeness (QED) is 0.543. The highest BCUT2D eigenvalue weighted by Gasteiger charge is 2.65. The molecule has 1 aromatic carbocycles. The number of ether oxygens (including phenoxy) is 2. The van der Waals surface area contributed by atoms with Gasteiger partial charge in [0.25, 0.3) is 0 Å². The van der Waals surface area contributed by atoms with Crippen LogP contribution in [0.5, 0.6) is 0 Å². The minimum atomic E-state index is 0.0812. The first kappa shape index (κ1) is 14.1. The van der Waals surface area contributed by atoms with Crippen LogP contribution in [-0.2, 0) is 16.1 Å². The lowest BCUT2D eigenvalue weighted by Crippen LogP contribution is -2.30. The number of unbranched alkanes of at least 4 members (excludes halogenated alkanes) is 2. The second-order valence-electron chi connectivity index (χ2n) is 6.32. The fourth-order valence-electron chi connectivity index (χ4n) is 3.58. The van der Waals surface area contributed by atoms with E-state index in [1.165, 1.54) is 49.7 Å². The summed E-state index contributed by atoms with van der Waals surface area (Å²) >= 11 is 0. The van der Waals surface area contributed by atoms with Gasteiger partial charge in [-0.15, -0.1) is 0 Å². The molecule has 1 aliphatic carbocycles. The lowest BCUT2D eigenvalue weighted by atomic mass is 9.96. The van der Waals surface area contributed by atoms with Gasteiger partial charge in [0, 0.05) is 0 Å². The average molecular weight is 274 g/mol. The summed E-state index contributed by atoms with van der Waals surface area (Å²) in [5.74, 6) is 0. The maximum Gasteiger partial charge on any atom is 0.121 e. The number of benzene rings is 1. The van der Waals surface area contributed by atoms with Crippen LogP contribution in [0, 0.1) is 6.92 Å². The van der Waals surface area contributed by atoms with Crippen molar-refractivity contribution in [2.75, 3.05) is 0 Å². The van der Waals surface area contributed by atoms with E-state index in [-0.39, 0.29) is 5.60 Å². The van der Waals surface area contributed by atoms with E-state index in [1.54, 1.807) is 0 Å². The summed E-state index contributed by atoms with van der Waals surface area (Å²) in [6.07, 6.45) is 8.19. The van der Waals surface area contributed by atoms with Crippen LogP contribution in [0.15, 0.2) is 24.3 Å². The molecule has 0 aromatic heterocycles. The summed E-state index contributed by atoms with van der Waals surface area (Å²) in [6, 6.07) is 8.49. The van der Waals surface area contributed by atoms with Gasteiger partial charge in [0.05, 0.1) is 18.8 Å². The van der Waals surface area contributed by atoms with Crippen LogP contribution in [0.2, 0.25) is 0 Å². The molecule has 1 saturated carbocycles. The van der Waals surface area contributed by atoms with Crippen molar-refractivity contribution in [2.24, 2.45) is 0 Å². The maximum absolute atomic E-state index is 6.23. The second kappa shape index (κ2) is 5.87. The number of epoxide rings is 1. The molecule has 2 nitrogen and oxygen atoms in total. The summed E-state index contributed by atoms with van der Waals surface area (Å²) in [4.78, 5) is 0. The predicted octanol–water partition coefficient (Wildman–Crippen LogP) is 4.39. The van der Waals surface area contributed by atoms with Gasteiger partial charge in [0.1, 0.15) is 5.60 Å². The monoisotopic (exact) mass is 274 g/mol. The van der Waals surface area contributed by atoms with Gasteiger partial charge in [-0.1, -0.05) is 50.5 Å². The lowest BCUT2D eigenvalue weighted by Gasteiger charge is -2.22. The van der Waals surface area contributed by atoms with Crippen molar-refractivity contribution in [3.8, 4) is 0 Å². The van der Waals surface area contributed by atoms with Gasteiger partial charge in [0.2, 0.25) is 0 Å². The average Bonchev–Trinajstić information content (AvgIpc) is 3.06. The predicted molar refractivity (Wildman–Crippen MR) is 80.7 cm³/mol. The number of fused-ring (bicyclic) bond motifs is 1. The Hall–Kier alpha value is -0.860. The molecule has 0 bridgehead atoms. The largest absolute Gasteiger partial charge is 0.370 e. The van der Waals surface area contributed by atoms with Crippen LogP contribution < -0.4 is 0 Å². The highest BCUT2D eigenvalue weighted by atomic mass is 16.6. The topological polar surface area (TPSA) is 21.8 Å². The van der Waals surface area contributed by atoms with Crippen molar-refractivity contribution in [3.05, 3.63) is 35.4 Å². The zero-order valence-corrected chi connectivity index (χ0v) is 12.7. The Bertz CT molecular complexity index is 456. The van der Waals surface area contributed by atoms with Crippen LogP contribution in [-0.4, -0.2) is 17.8 Å². The van der Waals surface area contributed by atoms with Crippen LogP contribution in [0.1, 0.15) is 56.6 Å². The lowest BCUT2D eigenvalue weighted by molar-refractivity contribution is -0.0215. The molecule has 1 aliphatic heterocycles. The van der Waals surface area contributed by atoms with Crippen molar-refractivity contribution < 1.29 is 9.47 Å². The van der Waals surface area contributed by atoms with Crippen LogP contribution >= 0.6 is 0 Å². The van der Waals surface area contributed by atoms with Crippen LogP contribution in [0.25, 0.3) is 0 Å². The summed E-state index contributed by atoms with van der Waals surface area (Å²) in [6.45, 7) is 5.13. The molecule has 0 radical (unpaired) electrons. The fraction of sp³-hybridized carbons (Fsp3) is 0.667. The smallest absolute Gasteiger partial charge is 0.121 e. The van der Waals surface area contributed by atoms with E-state index < -0.39 is 0 Å². The second-order valence-corrected chi connectivity index (χ2v) is 6.32. The Kier molecular flexibility index (Phi) is 4.13. The first-order valence-electron chi connectivity index (χ1n) is 8.10. The molecule has 0 unspecified atom stereocenters. The number of rotatable bonds is 7. The highest BCUT2D eigenvalue weighted by molar-refractivity contribution is 5.25. The van der Waals surface area contributed by atoms with Crippen molar-refractivity contribution in [3.63, 3.8) is 0 Å². The van der Waals surface area contributed by atoms with E-state index in [2.05, 4.69) is 38.1 Å². The van der Waals surface area contributed by atoms with E-state index in [0.29, 0.717) is 12.2 Å². The standard InChI is InChI=1S/C18H26O2/c1-3-4-7-12-18-16(10-11-17(18)20-18)19-13-15-9-6-5-8-14(15)2/h5-6,8-9,16-17H,3-4,7,10-13H2,1-2H3/t16-,17+,18-/m1/s1. The summed E-state index contributed by atoms with van der Waals surface area (Å²) in [5, 5.41) is 0. The summed E-state index contributed by atoms with van der Waals surface area (Å²) < 4.78 is 12.2. The van der Waals surface area contributed by atoms with Gasteiger partial charge in [-0.3, -0.25) is 0 Å². The van der Waals surface area contributed by atoms with Gasteiger partial charge < -0.3 is 9.47 Å². The maximum atomic E-state index is 6.23.